The van der Waals surface area contributed by atoms with E-state index in [-0.39, 0.29) is 0 Å². The Morgan fingerprint density at radius 3 is 2.54 bits per heavy atom. The van der Waals surface area contributed by atoms with Gasteiger partial charge in [0.15, 0.2) is 5.65 Å². The zero-order valence-corrected chi connectivity index (χ0v) is 15.7. The lowest BCUT2D eigenvalue weighted by molar-refractivity contribution is 0.385. The molecule has 1 saturated heterocycles. The molecule has 1 aliphatic heterocycles. The second kappa shape index (κ2) is 7.05. The van der Waals surface area contributed by atoms with E-state index in [1.807, 2.05) is 60.8 Å². The first kappa shape index (κ1) is 16.9. The summed E-state index contributed by atoms with van der Waals surface area (Å²) in [7, 11) is 2.15. The van der Waals surface area contributed by atoms with Crippen LogP contribution in [-0.2, 0) is 0 Å². The molecule has 0 radical (unpaired) electrons. The number of likely N-dealkylation sites (tertiary alicyclic amines) is 1. The number of para-hydroxylation sites is 1. The Hall–Kier alpha value is -3.25. The second-order valence-electron chi connectivity index (χ2n) is 7.20. The molecule has 0 bridgehead atoms. The molecular weight excluding hydrogens is 350 g/mol. The molecule has 5 rings (SSSR count). The average Bonchev–Trinajstić information content (AvgIpc) is 3.33. The maximum Gasteiger partial charge on any atom is 0.162 e. The Balaban J connectivity index is 1.49. The van der Waals surface area contributed by atoms with Crippen LogP contribution < -0.4 is 4.74 Å². The number of hydrogen-bond acceptors (Lipinski definition) is 5. The minimum Gasteiger partial charge on any atom is -0.457 e. The maximum atomic E-state index is 5.90. The Labute approximate surface area is 163 Å². The normalized spacial score (nSPS) is 17.2. The predicted molar refractivity (Wildman–Crippen MR) is 108 cm³/mol. The molecule has 1 atom stereocenters. The van der Waals surface area contributed by atoms with Gasteiger partial charge < -0.3 is 9.64 Å². The van der Waals surface area contributed by atoms with Crippen molar-refractivity contribution in [1.29, 1.82) is 0 Å². The molecule has 0 aliphatic carbocycles. The van der Waals surface area contributed by atoms with Gasteiger partial charge in [-0.3, -0.25) is 0 Å². The van der Waals surface area contributed by atoms with Crippen LogP contribution in [0.1, 0.15) is 12.5 Å². The highest BCUT2D eigenvalue weighted by molar-refractivity contribution is 5.90. The minimum absolute atomic E-state index is 0.344. The van der Waals surface area contributed by atoms with E-state index >= 15 is 0 Å². The van der Waals surface area contributed by atoms with Gasteiger partial charge in [0.05, 0.1) is 11.4 Å². The standard InChI is InChI=1S/C22H21N5O/c1-26-12-11-17(14-26)27-22-20(13-23-15-24-22)21(25-27)16-7-9-19(10-8-16)28-18-5-3-2-4-6-18/h2-10,13,15,17H,11-12,14H2,1H3/t17-/m1/s1. The summed E-state index contributed by atoms with van der Waals surface area (Å²) in [4.78, 5) is 11.1. The minimum atomic E-state index is 0.344. The van der Waals surface area contributed by atoms with Gasteiger partial charge in [0.25, 0.3) is 0 Å². The third-order valence-corrected chi connectivity index (χ3v) is 5.19. The number of aromatic nitrogens is 4. The molecule has 0 saturated carbocycles. The van der Waals surface area contributed by atoms with Gasteiger partial charge >= 0.3 is 0 Å². The van der Waals surface area contributed by atoms with Crippen molar-refractivity contribution in [3.63, 3.8) is 0 Å². The summed E-state index contributed by atoms with van der Waals surface area (Å²) in [5.41, 5.74) is 2.84. The number of rotatable bonds is 4. The van der Waals surface area contributed by atoms with E-state index in [2.05, 4.69) is 26.6 Å². The van der Waals surface area contributed by atoms with Crippen molar-refractivity contribution in [2.24, 2.45) is 0 Å². The number of fused-ring (bicyclic) bond motifs is 1. The molecular formula is C22H21N5O. The van der Waals surface area contributed by atoms with E-state index in [0.717, 1.165) is 53.3 Å². The van der Waals surface area contributed by atoms with Gasteiger partial charge in [-0.2, -0.15) is 5.10 Å². The zero-order valence-electron chi connectivity index (χ0n) is 15.7. The van der Waals surface area contributed by atoms with E-state index in [1.54, 1.807) is 6.33 Å². The first-order valence-electron chi connectivity index (χ1n) is 9.48. The lowest BCUT2D eigenvalue weighted by atomic mass is 10.1. The van der Waals surface area contributed by atoms with Crippen molar-refractivity contribution >= 4 is 11.0 Å². The molecule has 140 valence electrons. The molecule has 0 unspecified atom stereocenters. The molecule has 2 aromatic carbocycles. The quantitative estimate of drug-likeness (QED) is 0.539. The van der Waals surface area contributed by atoms with Crippen molar-refractivity contribution in [3.05, 3.63) is 67.1 Å². The van der Waals surface area contributed by atoms with Crippen molar-refractivity contribution < 1.29 is 4.74 Å². The van der Waals surface area contributed by atoms with Gasteiger partial charge in [-0.05, 0) is 49.9 Å². The monoisotopic (exact) mass is 371 g/mol. The SMILES string of the molecule is CN1CC[C@@H](n2nc(-c3ccc(Oc4ccccc4)cc3)c3cncnc32)C1. The largest absolute Gasteiger partial charge is 0.457 e. The van der Waals surface area contributed by atoms with Crippen LogP contribution in [0.25, 0.3) is 22.3 Å². The Morgan fingerprint density at radius 2 is 1.79 bits per heavy atom. The summed E-state index contributed by atoms with van der Waals surface area (Å²) in [6.07, 6.45) is 4.54. The molecule has 0 spiro atoms. The number of benzene rings is 2. The van der Waals surface area contributed by atoms with Crippen molar-refractivity contribution in [2.45, 2.75) is 12.5 Å². The molecule has 0 N–H and O–H groups in total. The van der Waals surface area contributed by atoms with Gasteiger partial charge in [-0.25, -0.2) is 14.6 Å². The van der Waals surface area contributed by atoms with Crippen molar-refractivity contribution in [2.75, 3.05) is 20.1 Å². The van der Waals surface area contributed by atoms with Crippen LogP contribution in [0, 0.1) is 0 Å². The number of nitrogens with zero attached hydrogens (tertiary/aromatic N) is 5. The fourth-order valence-electron chi connectivity index (χ4n) is 3.77. The molecule has 0 amide bonds. The molecule has 28 heavy (non-hydrogen) atoms. The summed E-state index contributed by atoms with van der Waals surface area (Å²) < 4.78 is 7.97. The zero-order chi connectivity index (χ0) is 18.9. The third kappa shape index (κ3) is 3.12. The second-order valence-corrected chi connectivity index (χ2v) is 7.20. The summed E-state index contributed by atoms with van der Waals surface area (Å²) in [6.45, 7) is 2.07. The molecule has 6 heteroatoms. The first-order valence-corrected chi connectivity index (χ1v) is 9.48. The number of ether oxygens (including phenoxy) is 1. The predicted octanol–water partition coefficient (Wildman–Crippen LogP) is 4.16. The fourth-order valence-corrected chi connectivity index (χ4v) is 3.77. The van der Waals surface area contributed by atoms with Crippen LogP contribution in [-0.4, -0.2) is 44.8 Å². The van der Waals surface area contributed by atoms with Crippen molar-refractivity contribution in [1.82, 2.24) is 24.6 Å². The Bertz CT molecular complexity index is 1090. The number of likely N-dealkylation sites (N-methyl/N-ethyl adjacent to an activating group) is 1. The van der Waals surface area contributed by atoms with E-state index in [9.17, 15) is 0 Å². The topological polar surface area (TPSA) is 56.1 Å². The average molecular weight is 371 g/mol. The van der Waals surface area contributed by atoms with Crippen LogP contribution in [0.5, 0.6) is 11.5 Å². The highest BCUT2D eigenvalue weighted by Gasteiger charge is 2.25. The summed E-state index contributed by atoms with van der Waals surface area (Å²) in [5.74, 6) is 1.62. The summed E-state index contributed by atoms with van der Waals surface area (Å²) in [6, 6.07) is 18.2. The molecule has 6 nitrogen and oxygen atoms in total. The van der Waals surface area contributed by atoms with Gasteiger partial charge in [-0.1, -0.05) is 18.2 Å². The molecule has 1 fully saturated rings. The highest BCUT2D eigenvalue weighted by atomic mass is 16.5. The maximum absolute atomic E-state index is 5.90. The van der Waals surface area contributed by atoms with Gasteiger partial charge in [0, 0.05) is 24.8 Å². The lowest BCUT2D eigenvalue weighted by Crippen LogP contribution is -2.17. The highest BCUT2D eigenvalue weighted by Crippen LogP contribution is 2.32. The van der Waals surface area contributed by atoms with Gasteiger partial charge in [-0.15, -0.1) is 0 Å². The first-order chi connectivity index (χ1) is 13.8. The Morgan fingerprint density at radius 1 is 1.00 bits per heavy atom. The van der Waals surface area contributed by atoms with Crippen LogP contribution in [0.2, 0.25) is 0 Å². The van der Waals surface area contributed by atoms with Crippen LogP contribution >= 0.6 is 0 Å². The van der Waals surface area contributed by atoms with Crippen LogP contribution in [0.4, 0.5) is 0 Å². The Kier molecular flexibility index (Phi) is 4.25. The van der Waals surface area contributed by atoms with Crippen LogP contribution in [0.15, 0.2) is 67.1 Å². The van der Waals surface area contributed by atoms with E-state index in [1.165, 1.54) is 0 Å². The van der Waals surface area contributed by atoms with Gasteiger partial charge in [0.1, 0.15) is 23.5 Å². The van der Waals surface area contributed by atoms with E-state index in [0.29, 0.717) is 6.04 Å². The van der Waals surface area contributed by atoms with Gasteiger partial charge in [0.2, 0.25) is 0 Å². The lowest BCUT2D eigenvalue weighted by Gasteiger charge is -2.11. The van der Waals surface area contributed by atoms with E-state index in [4.69, 9.17) is 9.84 Å². The molecule has 1 aliphatic rings. The summed E-state index contributed by atoms with van der Waals surface area (Å²) >= 11 is 0. The van der Waals surface area contributed by atoms with Crippen LogP contribution in [0.3, 0.4) is 0 Å². The molecule has 4 aromatic rings. The fraction of sp³-hybridized carbons (Fsp3) is 0.227. The summed E-state index contributed by atoms with van der Waals surface area (Å²) in [5, 5.41) is 5.92. The van der Waals surface area contributed by atoms with E-state index < -0.39 is 0 Å². The smallest absolute Gasteiger partial charge is 0.162 e. The molecule has 3 heterocycles. The third-order valence-electron chi connectivity index (χ3n) is 5.19. The molecule has 2 aromatic heterocycles. The number of hydrogen-bond donors (Lipinski definition) is 0. The van der Waals surface area contributed by atoms with Crippen molar-refractivity contribution in [3.8, 4) is 22.8 Å².